The van der Waals surface area contributed by atoms with Crippen molar-refractivity contribution in [1.29, 1.82) is 0 Å². The van der Waals surface area contributed by atoms with E-state index in [-0.39, 0.29) is 29.7 Å². The summed E-state index contributed by atoms with van der Waals surface area (Å²) in [5.74, 6) is -1.60. The average molecular weight is 438 g/mol. The van der Waals surface area contributed by atoms with Crippen LogP contribution in [0.25, 0.3) is 0 Å². The van der Waals surface area contributed by atoms with Crippen molar-refractivity contribution in [2.45, 2.75) is 26.2 Å². The second-order valence-corrected chi connectivity index (χ2v) is 7.86. The molecule has 1 atom stereocenters. The minimum atomic E-state index is -0.957. The summed E-state index contributed by atoms with van der Waals surface area (Å²) in [6.45, 7) is 3.84. The summed E-state index contributed by atoms with van der Waals surface area (Å²) in [5.41, 5.74) is 2.82. The van der Waals surface area contributed by atoms with Gasteiger partial charge in [-0.05, 0) is 43.7 Å². The van der Waals surface area contributed by atoms with Crippen LogP contribution in [0.1, 0.15) is 29.0 Å². The Morgan fingerprint density at radius 3 is 2.71 bits per heavy atom. The van der Waals surface area contributed by atoms with E-state index in [9.17, 15) is 14.4 Å². The number of halogens is 1. The van der Waals surface area contributed by atoms with Gasteiger partial charge in [-0.2, -0.15) is 4.98 Å². The fraction of sp³-hybridized carbons (Fsp3) is 0.182. The number of aromatic amines is 1. The minimum absolute atomic E-state index is 0.0605. The zero-order valence-electron chi connectivity index (χ0n) is 16.9. The average Bonchev–Trinajstić information content (AvgIpc) is 2.69. The predicted molar refractivity (Wildman–Crippen MR) is 120 cm³/mol. The van der Waals surface area contributed by atoms with Crippen LogP contribution in [0, 0.1) is 13.8 Å². The van der Waals surface area contributed by atoms with Crippen molar-refractivity contribution in [2.75, 3.05) is 16.0 Å². The van der Waals surface area contributed by atoms with Gasteiger partial charge in [0.05, 0.1) is 11.5 Å². The Morgan fingerprint density at radius 1 is 1.16 bits per heavy atom. The molecule has 31 heavy (non-hydrogen) atoms. The van der Waals surface area contributed by atoms with Crippen LogP contribution in [0.4, 0.5) is 23.1 Å². The van der Waals surface area contributed by atoms with Crippen LogP contribution in [0.5, 0.6) is 0 Å². The summed E-state index contributed by atoms with van der Waals surface area (Å²) in [4.78, 5) is 45.0. The largest absolute Gasteiger partial charge is 0.326 e. The van der Waals surface area contributed by atoms with Crippen molar-refractivity contribution >= 4 is 46.6 Å². The number of nitrogens with one attached hydrogen (secondary N) is 4. The molecule has 0 bridgehead atoms. The number of hydrogen-bond acceptors (Lipinski definition) is 5. The summed E-state index contributed by atoms with van der Waals surface area (Å²) in [7, 11) is 0. The van der Waals surface area contributed by atoms with E-state index in [1.807, 2.05) is 26.0 Å². The number of hydrogen-bond donors (Lipinski definition) is 4. The van der Waals surface area contributed by atoms with Gasteiger partial charge in [0.15, 0.2) is 0 Å². The van der Waals surface area contributed by atoms with Crippen LogP contribution in [0.2, 0.25) is 5.02 Å². The molecule has 3 aromatic rings. The molecule has 4 rings (SSSR count). The lowest BCUT2D eigenvalue weighted by atomic mass is 9.92. The third-order valence-corrected chi connectivity index (χ3v) is 5.23. The van der Waals surface area contributed by atoms with Gasteiger partial charge >= 0.3 is 0 Å². The van der Waals surface area contributed by atoms with Gasteiger partial charge in [-0.1, -0.05) is 35.4 Å². The lowest BCUT2D eigenvalue weighted by Crippen LogP contribution is -2.36. The van der Waals surface area contributed by atoms with Crippen molar-refractivity contribution in [1.82, 2.24) is 9.97 Å². The highest BCUT2D eigenvalue weighted by Gasteiger charge is 2.35. The molecule has 0 radical (unpaired) electrons. The molecule has 0 spiro atoms. The van der Waals surface area contributed by atoms with E-state index in [0.29, 0.717) is 16.4 Å². The molecule has 1 unspecified atom stereocenters. The van der Waals surface area contributed by atoms with Crippen molar-refractivity contribution in [3.8, 4) is 0 Å². The first-order valence-corrected chi connectivity index (χ1v) is 10.0. The van der Waals surface area contributed by atoms with Crippen molar-refractivity contribution in [3.63, 3.8) is 0 Å². The topological polar surface area (TPSA) is 116 Å². The Morgan fingerprint density at radius 2 is 1.97 bits per heavy atom. The first kappa shape index (κ1) is 20.6. The number of aryl methyl sites for hydroxylation is 2. The van der Waals surface area contributed by atoms with E-state index >= 15 is 0 Å². The van der Waals surface area contributed by atoms with Crippen molar-refractivity contribution in [3.05, 3.63) is 74.5 Å². The normalized spacial score (nSPS) is 15.1. The number of fused-ring (bicyclic) bond motifs is 1. The zero-order chi connectivity index (χ0) is 22.1. The maximum atomic E-state index is 13.0. The number of rotatable bonds is 4. The molecule has 8 nitrogen and oxygen atoms in total. The molecule has 4 N–H and O–H groups in total. The van der Waals surface area contributed by atoms with Crippen LogP contribution < -0.4 is 21.5 Å². The molecule has 2 amide bonds. The molecule has 158 valence electrons. The molecular weight excluding hydrogens is 418 g/mol. The molecule has 0 aliphatic carbocycles. The molecule has 1 aliphatic rings. The van der Waals surface area contributed by atoms with Gasteiger partial charge in [0.1, 0.15) is 5.82 Å². The fourth-order valence-electron chi connectivity index (χ4n) is 3.53. The first-order chi connectivity index (χ1) is 14.8. The van der Waals surface area contributed by atoms with E-state index in [2.05, 4.69) is 25.9 Å². The summed E-state index contributed by atoms with van der Waals surface area (Å²) in [5, 5.41) is 8.88. The molecule has 0 saturated carbocycles. The lowest BCUT2D eigenvalue weighted by molar-refractivity contribution is -0.123. The number of carbonyl (C=O) groups is 2. The van der Waals surface area contributed by atoms with Gasteiger partial charge in [-0.25, -0.2) is 0 Å². The number of nitrogens with zero attached hydrogens (tertiary/aromatic N) is 1. The van der Waals surface area contributed by atoms with Gasteiger partial charge in [-0.15, -0.1) is 0 Å². The molecule has 1 aromatic heterocycles. The maximum absolute atomic E-state index is 13.0. The molecule has 2 heterocycles. The van der Waals surface area contributed by atoms with E-state index in [0.717, 1.165) is 11.1 Å². The van der Waals surface area contributed by atoms with Crippen LogP contribution in [0.15, 0.2) is 47.3 Å². The van der Waals surface area contributed by atoms with Gasteiger partial charge in [0.2, 0.25) is 17.8 Å². The van der Waals surface area contributed by atoms with Crippen molar-refractivity contribution < 1.29 is 9.59 Å². The highest BCUT2D eigenvalue weighted by molar-refractivity contribution is 6.30. The lowest BCUT2D eigenvalue weighted by Gasteiger charge is -2.24. The maximum Gasteiger partial charge on any atom is 0.258 e. The first-order valence-electron chi connectivity index (χ1n) is 9.65. The highest BCUT2D eigenvalue weighted by atomic mass is 35.5. The number of aromatic nitrogens is 2. The second-order valence-electron chi connectivity index (χ2n) is 7.42. The van der Waals surface area contributed by atoms with Gasteiger partial charge in [0.25, 0.3) is 5.56 Å². The Hall–Kier alpha value is -3.65. The summed E-state index contributed by atoms with van der Waals surface area (Å²) in [6, 6.07) is 12.5. The standard InChI is InChI=1S/C22H20ClN5O3/c1-11-6-7-16(12(2)8-11)25-20(30)15-10-17(29)26-19-18(15)21(31)28-22(27-19)24-14-5-3-4-13(23)9-14/h3-9,15H,10H2,1-2H3,(H,25,30)(H3,24,26,27,28,29,31). The van der Waals surface area contributed by atoms with E-state index in [1.165, 1.54) is 0 Å². The van der Waals surface area contributed by atoms with Crippen LogP contribution >= 0.6 is 11.6 Å². The predicted octanol–water partition coefficient (Wildman–Crippen LogP) is 3.85. The van der Waals surface area contributed by atoms with E-state index in [4.69, 9.17) is 11.6 Å². The Labute approximate surface area is 183 Å². The SMILES string of the molecule is Cc1ccc(NC(=O)C2CC(=O)Nc3nc(Nc4cccc(Cl)c4)[nH]c(=O)c32)c(C)c1. The molecule has 1 aliphatic heterocycles. The molecule has 2 aromatic carbocycles. The number of H-pyrrole nitrogens is 1. The van der Waals surface area contributed by atoms with Gasteiger partial charge in [-0.3, -0.25) is 19.4 Å². The summed E-state index contributed by atoms with van der Waals surface area (Å²) < 4.78 is 0. The smallest absolute Gasteiger partial charge is 0.258 e. The van der Waals surface area contributed by atoms with Crippen LogP contribution in [-0.2, 0) is 9.59 Å². The third kappa shape index (κ3) is 4.44. The van der Waals surface area contributed by atoms with Crippen LogP contribution in [0.3, 0.4) is 0 Å². The van der Waals surface area contributed by atoms with E-state index in [1.54, 1.807) is 30.3 Å². The number of carbonyl (C=O) groups excluding carboxylic acids is 2. The quantitative estimate of drug-likeness (QED) is 0.494. The minimum Gasteiger partial charge on any atom is -0.326 e. The second kappa shape index (κ2) is 8.23. The molecule has 9 heteroatoms. The van der Waals surface area contributed by atoms with Gasteiger partial charge < -0.3 is 16.0 Å². The van der Waals surface area contributed by atoms with E-state index < -0.39 is 17.4 Å². The van der Waals surface area contributed by atoms with Gasteiger partial charge in [0, 0.05) is 22.8 Å². The molecular formula is C22H20ClN5O3. The monoisotopic (exact) mass is 437 g/mol. The number of anilines is 4. The van der Waals surface area contributed by atoms with Crippen LogP contribution in [-0.4, -0.2) is 21.8 Å². The summed E-state index contributed by atoms with van der Waals surface area (Å²) >= 11 is 5.98. The Kier molecular flexibility index (Phi) is 5.48. The fourth-order valence-corrected chi connectivity index (χ4v) is 3.72. The van der Waals surface area contributed by atoms with Crippen molar-refractivity contribution in [2.24, 2.45) is 0 Å². The zero-order valence-corrected chi connectivity index (χ0v) is 17.6. The third-order valence-electron chi connectivity index (χ3n) is 4.99. The molecule has 0 fully saturated rings. The number of amides is 2. The number of benzene rings is 2. The summed E-state index contributed by atoms with van der Waals surface area (Å²) in [6.07, 6.45) is -0.143. The highest BCUT2D eigenvalue weighted by Crippen LogP contribution is 2.30. The Balaban J connectivity index is 1.65. The Bertz CT molecular complexity index is 1250. The molecule has 0 saturated heterocycles.